The fraction of sp³-hybridized carbons (Fsp3) is 0.206. The van der Waals surface area contributed by atoms with E-state index in [2.05, 4.69) is 53.5 Å². The maximum Gasteiger partial charge on any atom is 0.323 e. The zero-order chi connectivity index (χ0) is 29.7. The molecule has 0 radical (unpaired) electrons. The molecule has 5 aromatic rings. The highest BCUT2D eigenvalue weighted by Gasteiger charge is 2.18. The number of rotatable bonds is 8. The average Bonchev–Trinajstić information content (AvgIpc) is 2.98. The predicted molar refractivity (Wildman–Crippen MR) is 169 cm³/mol. The van der Waals surface area contributed by atoms with Gasteiger partial charge in [0.1, 0.15) is 11.5 Å². The third-order valence-corrected chi connectivity index (χ3v) is 6.88. The van der Waals surface area contributed by atoms with Crippen molar-refractivity contribution in [2.45, 2.75) is 32.7 Å². The number of carbonyl (C=O) groups is 1. The van der Waals surface area contributed by atoms with Crippen LogP contribution in [0.5, 0.6) is 17.4 Å². The van der Waals surface area contributed by atoms with Crippen LogP contribution in [0.25, 0.3) is 10.8 Å². The van der Waals surface area contributed by atoms with E-state index in [0.717, 1.165) is 21.9 Å². The van der Waals surface area contributed by atoms with Crippen molar-refractivity contribution in [1.29, 1.82) is 0 Å². The van der Waals surface area contributed by atoms with Crippen molar-refractivity contribution in [1.82, 2.24) is 9.97 Å². The number of amides is 2. The number of fused-ring (bicyclic) bond motifs is 1. The summed E-state index contributed by atoms with van der Waals surface area (Å²) >= 11 is 0. The first kappa shape index (κ1) is 28.4. The molecule has 8 nitrogen and oxygen atoms in total. The number of anilines is 3. The summed E-state index contributed by atoms with van der Waals surface area (Å²) < 4.78 is 11.7. The van der Waals surface area contributed by atoms with Crippen molar-refractivity contribution in [3.05, 3.63) is 108 Å². The van der Waals surface area contributed by atoms with Gasteiger partial charge in [0.2, 0.25) is 11.8 Å². The van der Waals surface area contributed by atoms with Crippen LogP contribution in [0.15, 0.2) is 97.2 Å². The Hall–Kier alpha value is -5.11. The maximum atomic E-state index is 13.1. The number of methoxy groups -OCH3 is 1. The quantitative estimate of drug-likeness (QED) is 0.200. The number of nitrogens with zero attached hydrogens (tertiary/aromatic N) is 3. The van der Waals surface area contributed by atoms with E-state index in [1.807, 2.05) is 84.7 Å². The molecule has 0 saturated carbocycles. The van der Waals surface area contributed by atoms with E-state index in [-0.39, 0.29) is 11.4 Å². The van der Waals surface area contributed by atoms with Gasteiger partial charge in [0.05, 0.1) is 18.5 Å². The fourth-order valence-electron chi connectivity index (χ4n) is 4.63. The van der Waals surface area contributed by atoms with E-state index < -0.39 is 0 Å². The lowest BCUT2D eigenvalue weighted by Crippen LogP contribution is -2.21. The maximum absolute atomic E-state index is 13.1. The molecular weight excluding hydrogens is 526 g/mol. The number of hydrogen-bond acceptors (Lipinski definition) is 6. The Bertz CT molecular complexity index is 1700. The molecule has 1 aromatic heterocycles. The minimum Gasteiger partial charge on any atom is -0.495 e. The first-order chi connectivity index (χ1) is 20.2. The minimum atomic E-state index is -0.375. The lowest BCUT2D eigenvalue weighted by Gasteiger charge is -2.21. The Balaban J connectivity index is 1.35. The summed E-state index contributed by atoms with van der Waals surface area (Å²) in [7, 11) is 3.53. The Morgan fingerprint density at radius 2 is 1.52 bits per heavy atom. The van der Waals surface area contributed by atoms with Crippen LogP contribution in [-0.4, -0.2) is 30.2 Å². The minimum absolute atomic E-state index is 0.0764. The monoisotopic (exact) mass is 561 g/mol. The lowest BCUT2D eigenvalue weighted by molar-refractivity contribution is 0.262. The second-order valence-corrected chi connectivity index (χ2v) is 11.0. The van der Waals surface area contributed by atoms with Crippen molar-refractivity contribution in [3.63, 3.8) is 0 Å². The molecule has 0 unspecified atom stereocenters. The summed E-state index contributed by atoms with van der Waals surface area (Å²) in [5.41, 5.74) is 3.42. The second-order valence-electron chi connectivity index (χ2n) is 11.0. The SMILES string of the molecule is COc1ccc(C(C)(C)C)cc1NC(=O)Nc1ccc(Oc2ccnc(N(C)Cc3ccccc3)n2)c2ccccc12. The van der Waals surface area contributed by atoms with Crippen molar-refractivity contribution >= 4 is 34.1 Å². The van der Waals surface area contributed by atoms with Crippen molar-refractivity contribution < 1.29 is 14.3 Å². The highest BCUT2D eigenvalue weighted by Crippen LogP contribution is 2.35. The Kier molecular flexibility index (Phi) is 8.24. The predicted octanol–water partition coefficient (Wildman–Crippen LogP) is 8.01. The first-order valence-electron chi connectivity index (χ1n) is 13.8. The lowest BCUT2D eigenvalue weighted by atomic mass is 9.87. The zero-order valence-electron chi connectivity index (χ0n) is 24.5. The summed E-state index contributed by atoms with van der Waals surface area (Å²) in [6.07, 6.45) is 1.69. The molecule has 0 aliphatic carbocycles. The number of hydrogen-bond donors (Lipinski definition) is 2. The van der Waals surface area contributed by atoms with Gasteiger partial charge in [-0.15, -0.1) is 0 Å². The second kappa shape index (κ2) is 12.2. The number of ether oxygens (including phenoxy) is 2. The van der Waals surface area contributed by atoms with Crippen molar-refractivity contribution in [2.24, 2.45) is 0 Å². The van der Waals surface area contributed by atoms with Crippen LogP contribution in [0.3, 0.4) is 0 Å². The van der Waals surface area contributed by atoms with Gasteiger partial charge in [-0.25, -0.2) is 9.78 Å². The van der Waals surface area contributed by atoms with E-state index in [0.29, 0.717) is 41.2 Å². The third kappa shape index (κ3) is 6.61. The molecule has 42 heavy (non-hydrogen) atoms. The smallest absolute Gasteiger partial charge is 0.323 e. The molecule has 214 valence electrons. The average molecular weight is 562 g/mol. The number of carbonyl (C=O) groups excluding carboxylic acids is 1. The van der Waals surface area contributed by atoms with Crippen LogP contribution >= 0.6 is 0 Å². The molecule has 0 aliphatic rings. The number of aromatic nitrogens is 2. The summed E-state index contributed by atoms with van der Waals surface area (Å²) in [4.78, 5) is 24.2. The molecule has 0 fully saturated rings. The van der Waals surface area contributed by atoms with Gasteiger partial charge in [0, 0.05) is 36.6 Å². The van der Waals surface area contributed by atoms with Crippen LogP contribution in [0.4, 0.5) is 22.1 Å². The molecule has 1 heterocycles. The molecule has 0 spiro atoms. The summed E-state index contributed by atoms with van der Waals surface area (Å²) in [5, 5.41) is 7.60. The van der Waals surface area contributed by atoms with Crippen LogP contribution < -0.4 is 25.0 Å². The van der Waals surface area contributed by atoms with Crippen molar-refractivity contribution in [2.75, 3.05) is 29.7 Å². The third-order valence-electron chi connectivity index (χ3n) is 6.88. The number of nitrogens with one attached hydrogen (secondary N) is 2. The van der Waals surface area contributed by atoms with E-state index in [1.54, 1.807) is 19.4 Å². The van der Waals surface area contributed by atoms with E-state index in [4.69, 9.17) is 9.47 Å². The molecule has 4 aromatic carbocycles. The van der Waals surface area contributed by atoms with Gasteiger partial charge in [-0.2, -0.15) is 4.98 Å². The Morgan fingerprint density at radius 3 is 2.26 bits per heavy atom. The largest absolute Gasteiger partial charge is 0.495 e. The van der Waals surface area contributed by atoms with Gasteiger partial charge >= 0.3 is 6.03 Å². The summed E-state index contributed by atoms with van der Waals surface area (Å²) in [6, 6.07) is 28.7. The summed E-state index contributed by atoms with van der Waals surface area (Å²) in [5.74, 6) is 2.19. The van der Waals surface area contributed by atoms with Gasteiger partial charge in [-0.3, -0.25) is 0 Å². The van der Waals surface area contributed by atoms with Gasteiger partial charge in [-0.05, 0) is 40.8 Å². The molecule has 8 heteroatoms. The molecule has 2 N–H and O–H groups in total. The molecular formula is C34H35N5O3. The van der Waals surface area contributed by atoms with Gasteiger partial charge in [0.15, 0.2) is 0 Å². The highest BCUT2D eigenvalue weighted by molar-refractivity contribution is 6.08. The van der Waals surface area contributed by atoms with E-state index in [9.17, 15) is 4.79 Å². The van der Waals surface area contributed by atoms with E-state index in [1.165, 1.54) is 0 Å². The summed E-state index contributed by atoms with van der Waals surface area (Å²) in [6.45, 7) is 7.04. The highest BCUT2D eigenvalue weighted by atomic mass is 16.5. The topological polar surface area (TPSA) is 88.6 Å². The van der Waals surface area contributed by atoms with Crippen LogP contribution in [0.1, 0.15) is 31.9 Å². The first-order valence-corrected chi connectivity index (χ1v) is 13.8. The molecule has 0 atom stereocenters. The van der Waals surface area contributed by atoms with E-state index >= 15 is 0 Å². The number of urea groups is 1. The van der Waals surface area contributed by atoms with Gasteiger partial charge in [-0.1, -0.05) is 81.4 Å². The standard InChI is InChI=1S/C34H35N5O3/c1-34(2,3)24-15-17-30(41-5)28(21-24)37-33(40)36-27-16-18-29(26-14-10-9-13-25(26)27)42-31-19-20-35-32(38-31)39(4)22-23-11-7-6-8-12-23/h6-21H,22H2,1-5H3,(H2,36,37,40). The molecule has 0 aliphatic heterocycles. The zero-order valence-corrected chi connectivity index (χ0v) is 24.5. The Labute approximate surface area is 246 Å². The molecule has 2 amide bonds. The van der Waals surface area contributed by atoms with Crippen molar-refractivity contribution in [3.8, 4) is 17.4 Å². The van der Waals surface area contributed by atoms with Gasteiger partial charge in [0.25, 0.3) is 0 Å². The van der Waals surface area contributed by atoms with Crippen LogP contribution in [-0.2, 0) is 12.0 Å². The number of benzene rings is 4. The van der Waals surface area contributed by atoms with Crippen LogP contribution in [0, 0.1) is 0 Å². The molecule has 5 rings (SSSR count). The van der Waals surface area contributed by atoms with Crippen LogP contribution in [0.2, 0.25) is 0 Å². The molecule has 0 saturated heterocycles. The normalized spacial score (nSPS) is 11.2. The van der Waals surface area contributed by atoms with Gasteiger partial charge < -0.3 is 25.0 Å². The Morgan fingerprint density at radius 1 is 0.833 bits per heavy atom. The fourth-order valence-corrected chi connectivity index (χ4v) is 4.63. The molecule has 0 bridgehead atoms.